The van der Waals surface area contributed by atoms with Gasteiger partial charge in [0.2, 0.25) is 0 Å². The summed E-state index contributed by atoms with van der Waals surface area (Å²) in [7, 11) is 0. The Kier molecular flexibility index (Phi) is 7.83. The molecule has 35 heavy (non-hydrogen) atoms. The number of carbonyl (C=O) groups excluding carboxylic acids is 4. The molecule has 1 unspecified atom stereocenters. The molecule has 1 aromatic heterocycles. The maximum atomic E-state index is 13.3. The van der Waals surface area contributed by atoms with Crippen molar-refractivity contribution in [2.45, 2.75) is 36.3 Å². The van der Waals surface area contributed by atoms with Gasteiger partial charge in [-0.25, -0.2) is 18.9 Å². The van der Waals surface area contributed by atoms with E-state index in [-0.39, 0.29) is 18.0 Å². The molecule has 1 aromatic carbocycles. The van der Waals surface area contributed by atoms with Crippen molar-refractivity contribution < 1.29 is 33.0 Å². The highest BCUT2D eigenvalue weighted by Gasteiger charge is 2.51. The topological polar surface area (TPSA) is 90.0 Å². The van der Waals surface area contributed by atoms with Crippen molar-refractivity contribution in [2.24, 2.45) is 5.92 Å². The van der Waals surface area contributed by atoms with Crippen molar-refractivity contribution in [3.63, 3.8) is 0 Å². The smallest absolute Gasteiger partial charge is 0.335 e. The minimum absolute atomic E-state index is 0.0115. The van der Waals surface area contributed by atoms with Crippen molar-refractivity contribution in [3.05, 3.63) is 64.8 Å². The zero-order chi connectivity index (χ0) is 25.0. The summed E-state index contributed by atoms with van der Waals surface area (Å²) in [4.78, 5) is 51.7. The lowest BCUT2D eigenvalue weighted by Gasteiger charge is -2.45. The molecule has 10 heteroatoms. The van der Waals surface area contributed by atoms with Crippen LogP contribution < -0.4 is 0 Å². The first-order valence-electron chi connectivity index (χ1n) is 11.2. The number of Topliss-reactive ketones (excluding diaryl/α,β-unsaturated/α-hetero) is 2. The zero-order valence-corrected chi connectivity index (χ0v) is 20.7. The number of piperidine rings is 1. The summed E-state index contributed by atoms with van der Waals surface area (Å²) >= 11 is 3.06. The van der Waals surface area contributed by atoms with Gasteiger partial charge in [-0.3, -0.25) is 9.59 Å². The Morgan fingerprint density at radius 2 is 1.80 bits per heavy atom. The lowest BCUT2D eigenvalue weighted by Crippen LogP contribution is -2.59. The second kappa shape index (κ2) is 10.8. The van der Waals surface area contributed by atoms with Crippen LogP contribution >= 0.6 is 23.1 Å². The number of thiophene rings is 1. The van der Waals surface area contributed by atoms with Crippen molar-refractivity contribution in [3.8, 4) is 0 Å². The number of thioether (sulfide) groups is 1. The first-order valence-corrected chi connectivity index (χ1v) is 13.0. The van der Waals surface area contributed by atoms with E-state index in [9.17, 15) is 23.6 Å². The van der Waals surface area contributed by atoms with E-state index < -0.39 is 29.6 Å². The van der Waals surface area contributed by atoms with E-state index in [4.69, 9.17) is 9.47 Å². The normalized spacial score (nSPS) is 19.8. The number of rotatable bonds is 8. The van der Waals surface area contributed by atoms with Gasteiger partial charge in [-0.05, 0) is 56.2 Å². The van der Waals surface area contributed by atoms with Crippen LogP contribution in [0.25, 0.3) is 0 Å². The zero-order valence-electron chi connectivity index (χ0n) is 19.0. The Balaban J connectivity index is 1.45. The highest BCUT2D eigenvalue weighted by atomic mass is 32.2. The quantitative estimate of drug-likeness (QED) is 0.219. The number of likely N-dealkylation sites (tertiary alicyclic amines) is 1. The number of hydrogen-bond acceptors (Lipinski definition) is 9. The molecule has 4 rings (SSSR count). The number of carbonyl (C=O) groups is 4. The minimum Gasteiger partial charge on any atom is -0.405 e. The largest absolute Gasteiger partial charge is 0.405 e. The summed E-state index contributed by atoms with van der Waals surface area (Å²) in [5.74, 6) is -3.59. The van der Waals surface area contributed by atoms with E-state index in [2.05, 4.69) is 0 Å². The maximum absolute atomic E-state index is 13.3. The number of esters is 2. The van der Waals surface area contributed by atoms with Gasteiger partial charge in [0.15, 0.2) is 11.6 Å². The third-order valence-corrected chi connectivity index (χ3v) is 8.35. The number of hydrogen-bond donors (Lipinski definition) is 0. The first kappa shape index (κ1) is 25.3. The highest BCUT2D eigenvalue weighted by Crippen LogP contribution is 2.38. The van der Waals surface area contributed by atoms with Gasteiger partial charge in [-0.1, -0.05) is 0 Å². The monoisotopic (exact) mass is 517 g/mol. The molecule has 0 saturated carbocycles. The molecule has 0 radical (unpaired) electrons. The first-order chi connectivity index (χ1) is 16.8. The van der Waals surface area contributed by atoms with E-state index in [1.165, 1.54) is 42.5 Å². The van der Waals surface area contributed by atoms with Crippen LogP contribution in [0.2, 0.25) is 0 Å². The van der Waals surface area contributed by atoms with Crippen LogP contribution in [-0.4, -0.2) is 53.2 Å². The molecular weight excluding hydrogens is 493 g/mol. The molecule has 0 bridgehead atoms. The summed E-state index contributed by atoms with van der Waals surface area (Å²) in [5, 5.41) is 0. The van der Waals surface area contributed by atoms with Gasteiger partial charge < -0.3 is 9.47 Å². The summed E-state index contributed by atoms with van der Waals surface area (Å²) in [6.07, 6.45) is 3.18. The van der Waals surface area contributed by atoms with Crippen LogP contribution in [0, 0.1) is 11.7 Å². The fourth-order valence-corrected chi connectivity index (χ4v) is 6.17. The molecule has 184 valence electrons. The fraction of sp³-hybridized carbons (Fsp3) is 0.360. The van der Waals surface area contributed by atoms with Crippen LogP contribution in [0.3, 0.4) is 0 Å². The maximum Gasteiger partial charge on any atom is 0.335 e. The molecule has 1 fully saturated rings. The molecule has 7 nitrogen and oxygen atoms in total. The molecule has 2 aliphatic rings. The third-order valence-electron chi connectivity index (χ3n) is 5.85. The molecular formula is C25H24FNO6S2. The molecule has 1 saturated heterocycles. The van der Waals surface area contributed by atoms with Gasteiger partial charge in [0.25, 0.3) is 0 Å². The van der Waals surface area contributed by atoms with E-state index >= 15 is 0 Å². The Morgan fingerprint density at radius 3 is 2.43 bits per heavy atom. The Bertz CT molecular complexity index is 1140. The number of benzene rings is 1. The van der Waals surface area contributed by atoms with Crippen molar-refractivity contribution >= 4 is 46.6 Å². The summed E-state index contributed by atoms with van der Waals surface area (Å²) in [6.45, 7) is 2.38. The van der Waals surface area contributed by atoms with Crippen molar-refractivity contribution in [1.82, 2.24) is 4.90 Å². The molecule has 1 spiro atoms. The number of ketones is 2. The molecule has 0 N–H and O–H groups in total. The van der Waals surface area contributed by atoms with Crippen LogP contribution in [-0.2, 0) is 19.1 Å². The van der Waals surface area contributed by atoms with E-state index in [1.807, 2.05) is 12.1 Å². The lowest BCUT2D eigenvalue weighted by atomic mass is 9.86. The second-order valence-electron chi connectivity index (χ2n) is 8.31. The molecule has 0 amide bonds. The second-order valence-corrected chi connectivity index (χ2v) is 10.8. The van der Waals surface area contributed by atoms with Crippen molar-refractivity contribution in [1.29, 1.82) is 0 Å². The Hall–Kier alpha value is -2.82. The third kappa shape index (κ3) is 6.06. The van der Waals surface area contributed by atoms with Gasteiger partial charge in [0.1, 0.15) is 5.82 Å². The number of nitrogens with zero attached hydrogens (tertiary/aromatic N) is 1. The Labute approximate surface area is 210 Å². The molecule has 1 atom stereocenters. The number of halogens is 1. The van der Waals surface area contributed by atoms with Crippen LogP contribution in [0.1, 0.15) is 46.2 Å². The van der Waals surface area contributed by atoms with E-state index in [0.717, 1.165) is 22.1 Å². The van der Waals surface area contributed by atoms with Crippen LogP contribution in [0.15, 0.2) is 52.8 Å². The van der Waals surface area contributed by atoms with Crippen LogP contribution in [0.5, 0.6) is 0 Å². The minimum atomic E-state index is -1.69. The average Bonchev–Trinajstić information content (AvgIpc) is 3.25. The molecule has 3 heterocycles. The highest BCUT2D eigenvalue weighted by molar-refractivity contribution is 8.01. The van der Waals surface area contributed by atoms with Gasteiger partial charge in [-0.2, -0.15) is 0 Å². The van der Waals surface area contributed by atoms with Gasteiger partial charge in [0, 0.05) is 42.5 Å². The average molecular weight is 518 g/mol. The standard InChI is InChI=1S/C25H24FNO6S2/c1-16(28)20-7-10-23(35-20)34-14-2-12-27-13-11-18(24(31)17-3-5-19(26)6-4-17)15-25(27)32-21(29)8-9-22(30)33-25/h3-10,18H,2,11-15H2,1H3. The molecule has 0 aliphatic carbocycles. The summed E-state index contributed by atoms with van der Waals surface area (Å²) in [5.41, 5.74) is 0.349. The number of ether oxygens (including phenoxy) is 2. The van der Waals surface area contributed by atoms with Gasteiger partial charge >= 0.3 is 17.8 Å². The van der Waals surface area contributed by atoms with Gasteiger partial charge in [-0.15, -0.1) is 23.1 Å². The summed E-state index contributed by atoms with van der Waals surface area (Å²) < 4.78 is 25.5. The Morgan fingerprint density at radius 1 is 1.11 bits per heavy atom. The SMILES string of the molecule is CC(=O)c1ccc(SCCCN2CCC(C(=O)c3ccc(F)cc3)CC23OC(=O)C=CC(=O)O3)s1. The van der Waals surface area contributed by atoms with Crippen molar-refractivity contribution in [2.75, 3.05) is 18.8 Å². The fourth-order valence-electron chi connectivity index (χ4n) is 4.15. The van der Waals surface area contributed by atoms with E-state index in [0.29, 0.717) is 36.4 Å². The van der Waals surface area contributed by atoms with E-state index in [1.54, 1.807) is 16.7 Å². The predicted octanol–water partition coefficient (Wildman–Crippen LogP) is 4.48. The van der Waals surface area contributed by atoms with Gasteiger partial charge in [0.05, 0.1) is 15.5 Å². The summed E-state index contributed by atoms with van der Waals surface area (Å²) in [6, 6.07) is 9.01. The predicted molar refractivity (Wildman–Crippen MR) is 129 cm³/mol. The molecule has 2 aromatic rings. The van der Waals surface area contributed by atoms with Crippen LogP contribution in [0.4, 0.5) is 4.39 Å². The molecule has 2 aliphatic heterocycles. The lowest BCUT2D eigenvalue weighted by molar-refractivity contribution is -0.297.